The Labute approximate surface area is 125 Å². The van der Waals surface area contributed by atoms with Crippen LogP contribution in [-0.4, -0.2) is 23.4 Å². The molecule has 2 aromatic carbocycles. The van der Waals surface area contributed by atoms with Gasteiger partial charge in [-0.25, -0.2) is 0 Å². The van der Waals surface area contributed by atoms with Gasteiger partial charge in [0.25, 0.3) is 0 Å². The third-order valence-electron chi connectivity index (χ3n) is 4.13. The molecule has 2 aromatic rings. The van der Waals surface area contributed by atoms with Gasteiger partial charge in [-0.2, -0.15) is 0 Å². The van der Waals surface area contributed by atoms with Crippen molar-refractivity contribution in [1.82, 2.24) is 4.90 Å². The van der Waals surface area contributed by atoms with Gasteiger partial charge in [-0.1, -0.05) is 42.5 Å². The summed E-state index contributed by atoms with van der Waals surface area (Å²) in [6, 6.07) is 18.0. The Kier molecular flexibility index (Phi) is 4.02. The van der Waals surface area contributed by atoms with E-state index in [1.807, 2.05) is 37.3 Å². The van der Waals surface area contributed by atoms with Crippen LogP contribution in [0, 0.1) is 0 Å². The summed E-state index contributed by atoms with van der Waals surface area (Å²) in [5.74, 6) is 0.0561. The lowest BCUT2D eigenvalue weighted by Gasteiger charge is -2.32. The highest BCUT2D eigenvalue weighted by Gasteiger charge is 2.25. The molecule has 1 amide bonds. The number of fused-ring (bicyclic) bond motifs is 1. The van der Waals surface area contributed by atoms with E-state index in [9.17, 15) is 4.79 Å². The van der Waals surface area contributed by atoms with Crippen molar-refractivity contribution in [3.63, 3.8) is 0 Å². The molecule has 108 valence electrons. The van der Waals surface area contributed by atoms with Crippen molar-refractivity contribution >= 4 is 11.6 Å². The number of carbonyl (C=O) groups is 1. The third-order valence-corrected chi connectivity index (χ3v) is 4.13. The van der Waals surface area contributed by atoms with Crippen LogP contribution in [0.5, 0.6) is 0 Å². The minimum atomic E-state index is -0.126. The van der Waals surface area contributed by atoms with E-state index >= 15 is 0 Å². The van der Waals surface area contributed by atoms with Gasteiger partial charge in [0, 0.05) is 18.8 Å². The second kappa shape index (κ2) is 6.10. The number of nitrogens with one attached hydrogen (secondary N) is 1. The summed E-state index contributed by atoms with van der Waals surface area (Å²) in [6.45, 7) is 3.76. The van der Waals surface area contributed by atoms with Crippen molar-refractivity contribution < 1.29 is 4.79 Å². The van der Waals surface area contributed by atoms with Crippen LogP contribution < -0.4 is 5.32 Å². The predicted octanol–water partition coefficient (Wildman–Crippen LogP) is 3.07. The first kappa shape index (κ1) is 13.8. The van der Waals surface area contributed by atoms with E-state index in [4.69, 9.17) is 0 Å². The van der Waals surface area contributed by atoms with Gasteiger partial charge in [0.15, 0.2) is 0 Å². The Morgan fingerprint density at radius 3 is 2.48 bits per heavy atom. The lowest BCUT2D eigenvalue weighted by molar-refractivity contribution is -0.121. The molecule has 3 heteroatoms. The van der Waals surface area contributed by atoms with Crippen molar-refractivity contribution in [2.24, 2.45) is 0 Å². The van der Waals surface area contributed by atoms with Crippen molar-refractivity contribution in [3.8, 4) is 0 Å². The van der Waals surface area contributed by atoms with Gasteiger partial charge in [0.05, 0.1) is 6.04 Å². The maximum Gasteiger partial charge on any atom is 0.241 e. The molecule has 0 aliphatic carbocycles. The highest BCUT2D eigenvalue weighted by molar-refractivity contribution is 5.94. The number of hydrogen-bond acceptors (Lipinski definition) is 2. The lowest BCUT2D eigenvalue weighted by atomic mass is 9.99. The average molecular weight is 280 g/mol. The molecule has 0 fully saturated rings. The van der Waals surface area contributed by atoms with E-state index in [0.717, 1.165) is 25.2 Å². The summed E-state index contributed by atoms with van der Waals surface area (Å²) in [5.41, 5.74) is 3.60. The van der Waals surface area contributed by atoms with Gasteiger partial charge >= 0.3 is 0 Å². The summed E-state index contributed by atoms with van der Waals surface area (Å²) in [4.78, 5) is 14.6. The summed E-state index contributed by atoms with van der Waals surface area (Å²) < 4.78 is 0. The van der Waals surface area contributed by atoms with Gasteiger partial charge in [-0.15, -0.1) is 0 Å². The minimum absolute atomic E-state index is 0.0561. The number of rotatable bonds is 3. The number of carbonyl (C=O) groups excluding carboxylic acids is 1. The molecule has 1 heterocycles. The van der Waals surface area contributed by atoms with E-state index in [2.05, 4.69) is 34.5 Å². The van der Waals surface area contributed by atoms with Crippen LogP contribution in [0.1, 0.15) is 18.1 Å². The van der Waals surface area contributed by atoms with Gasteiger partial charge in [-0.3, -0.25) is 9.69 Å². The van der Waals surface area contributed by atoms with Crippen molar-refractivity contribution in [2.45, 2.75) is 25.9 Å². The average Bonchev–Trinajstić information content (AvgIpc) is 2.54. The molecule has 21 heavy (non-hydrogen) atoms. The first-order valence-corrected chi connectivity index (χ1v) is 7.41. The molecule has 1 atom stereocenters. The fraction of sp³-hybridized carbons (Fsp3) is 0.278. The van der Waals surface area contributed by atoms with Gasteiger partial charge in [0.1, 0.15) is 0 Å². The lowest BCUT2D eigenvalue weighted by Crippen LogP contribution is -2.44. The molecule has 1 aliphatic heterocycles. The summed E-state index contributed by atoms with van der Waals surface area (Å²) in [5, 5.41) is 2.98. The predicted molar refractivity (Wildman–Crippen MR) is 85.1 cm³/mol. The molecular formula is C18H20N2O. The molecule has 1 unspecified atom stereocenters. The van der Waals surface area contributed by atoms with Crippen molar-refractivity contribution in [2.75, 3.05) is 11.9 Å². The number of para-hydroxylation sites is 1. The third kappa shape index (κ3) is 3.14. The number of benzene rings is 2. The fourth-order valence-electron chi connectivity index (χ4n) is 2.78. The number of amides is 1. The molecule has 0 saturated heterocycles. The molecule has 3 rings (SSSR count). The first-order valence-electron chi connectivity index (χ1n) is 7.41. The van der Waals surface area contributed by atoms with Gasteiger partial charge in [0.2, 0.25) is 5.91 Å². The quantitative estimate of drug-likeness (QED) is 0.937. The van der Waals surface area contributed by atoms with Crippen LogP contribution in [0.25, 0.3) is 0 Å². The molecule has 1 N–H and O–H groups in total. The Balaban J connectivity index is 1.66. The van der Waals surface area contributed by atoms with E-state index in [1.165, 1.54) is 11.1 Å². The Morgan fingerprint density at radius 2 is 1.71 bits per heavy atom. The summed E-state index contributed by atoms with van der Waals surface area (Å²) in [6.07, 6.45) is 1.01. The SMILES string of the molecule is CC(C(=O)Nc1ccccc1)N1CCc2ccccc2C1. The van der Waals surface area contributed by atoms with E-state index in [0.29, 0.717) is 0 Å². The summed E-state index contributed by atoms with van der Waals surface area (Å²) in [7, 11) is 0. The van der Waals surface area contributed by atoms with E-state index in [-0.39, 0.29) is 11.9 Å². The molecule has 0 saturated carbocycles. The van der Waals surface area contributed by atoms with Gasteiger partial charge in [-0.05, 0) is 36.6 Å². The van der Waals surface area contributed by atoms with Crippen LogP contribution in [0.15, 0.2) is 54.6 Å². The topological polar surface area (TPSA) is 32.3 Å². The highest BCUT2D eigenvalue weighted by atomic mass is 16.2. The first-order chi connectivity index (χ1) is 10.2. The van der Waals surface area contributed by atoms with E-state index in [1.54, 1.807) is 0 Å². The zero-order valence-electron chi connectivity index (χ0n) is 12.3. The van der Waals surface area contributed by atoms with Gasteiger partial charge < -0.3 is 5.32 Å². The largest absolute Gasteiger partial charge is 0.325 e. The molecule has 0 bridgehead atoms. The van der Waals surface area contributed by atoms with E-state index < -0.39 is 0 Å². The molecular weight excluding hydrogens is 260 g/mol. The number of anilines is 1. The zero-order valence-corrected chi connectivity index (χ0v) is 12.3. The van der Waals surface area contributed by atoms with Crippen LogP contribution >= 0.6 is 0 Å². The summed E-state index contributed by atoms with van der Waals surface area (Å²) >= 11 is 0. The van der Waals surface area contributed by atoms with Crippen LogP contribution in [-0.2, 0) is 17.8 Å². The number of nitrogens with zero attached hydrogens (tertiary/aromatic N) is 1. The van der Waals surface area contributed by atoms with Crippen LogP contribution in [0.4, 0.5) is 5.69 Å². The van der Waals surface area contributed by atoms with Crippen molar-refractivity contribution in [3.05, 3.63) is 65.7 Å². The monoisotopic (exact) mass is 280 g/mol. The fourth-order valence-corrected chi connectivity index (χ4v) is 2.78. The molecule has 3 nitrogen and oxygen atoms in total. The smallest absolute Gasteiger partial charge is 0.241 e. The Morgan fingerprint density at radius 1 is 1.05 bits per heavy atom. The second-order valence-electron chi connectivity index (χ2n) is 5.52. The second-order valence-corrected chi connectivity index (χ2v) is 5.52. The van der Waals surface area contributed by atoms with Crippen LogP contribution in [0.2, 0.25) is 0 Å². The molecule has 0 aromatic heterocycles. The standard InChI is InChI=1S/C18H20N2O/c1-14(18(21)19-17-9-3-2-4-10-17)20-12-11-15-7-5-6-8-16(15)13-20/h2-10,14H,11-13H2,1H3,(H,19,21). The molecule has 0 radical (unpaired) electrons. The molecule has 1 aliphatic rings. The molecule has 0 spiro atoms. The van der Waals surface area contributed by atoms with Crippen molar-refractivity contribution in [1.29, 1.82) is 0 Å². The van der Waals surface area contributed by atoms with Crippen LogP contribution in [0.3, 0.4) is 0 Å². The maximum atomic E-state index is 12.4. The highest BCUT2D eigenvalue weighted by Crippen LogP contribution is 2.20. The Bertz CT molecular complexity index is 624. The zero-order chi connectivity index (χ0) is 14.7. The maximum absolute atomic E-state index is 12.4. The number of hydrogen-bond donors (Lipinski definition) is 1. The normalized spacial score (nSPS) is 16.0. The Hall–Kier alpha value is -2.13. The minimum Gasteiger partial charge on any atom is -0.325 e.